The Morgan fingerprint density at radius 1 is 1.06 bits per heavy atom. The van der Waals surface area contributed by atoms with Crippen LogP contribution >= 0.6 is 11.3 Å². The van der Waals surface area contributed by atoms with Crippen LogP contribution in [0.5, 0.6) is 0 Å². The summed E-state index contributed by atoms with van der Waals surface area (Å²) in [7, 11) is -3.77. The van der Waals surface area contributed by atoms with Gasteiger partial charge in [-0.15, -0.1) is 11.3 Å². The molecule has 1 aromatic heterocycles. The van der Waals surface area contributed by atoms with E-state index >= 15 is 0 Å². The number of benzene rings is 2. The molecule has 34 heavy (non-hydrogen) atoms. The lowest BCUT2D eigenvalue weighted by Gasteiger charge is -2.26. The first-order valence-electron chi connectivity index (χ1n) is 10.7. The van der Waals surface area contributed by atoms with Gasteiger partial charge in [-0.1, -0.05) is 36.4 Å². The van der Waals surface area contributed by atoms with Crippen LogP contribution in [0.3, 0.4) is 0 Å². The number of amides is 2. The minimum Gasteiger partial charge on any atom is -0.379 e. The number of sulfonamides is 1. The fourth-order valence-corrected chi connectivity index (χ4v) is 6.44. The van der Waals surface area contributed by atoms with Gasteiger partial charge in [0.05, 0.1) is 23.7 Å². The number of thiophene rings is 1. The highest BCUT2D eigenvalue weighted by Crippen LogP contribution is 2.40. The first-order chi connectivity index (χ1) is 16.2. The Bertz CT molecular complexity index is 1340. The second kappa shape index (κ2) is 9.67. The quantitative estimate of drug-likeness (QED) is 0.539. The van der Waals surface area contributed by atoms with E-state index in [0.29, 0.717) is 29.3 Å². The number of primary amides is 1. The van der Waals surface area contributed by atoms with E-state index in [0.717, 1.165) is 10.4 Å². The van der Waals surface area contributed by atoms with Gasteiger partial charge in [0.1, 0.15) is 5.00 Å². The number of nitrogens with two attached hydrogens (primary N) is 1. The maximum Gasteiger partial charge on any atom is 0.256 e. The number of morpholine rings is 1. The van der Waals surface area contributed by atoms with E-state index in [1.54, 1.807) is 13.0 Å². The van der Waals surface area contributed by atoms with Crippen LogP contribution in [0.4, 0.5) is 5.00 Å². The predicted molar refractivity (Wildman–Crippen MR) is 132 cm³/mol. The molecule has 8 nitrogen and oxygen atoms in total. The van der Waals surface area contributed by atoms with E-state index in [2.05, 4.69) is 5.32 Å². The molecule has 3 aromatic rings. The highest BCUT2D eigenvalue weighted by atomic mass is 32.2. The molecule has 1 fully saturated rings. The molecule has 2 amide bonds. The first-order valence-corrected chi connectivity index (χ1v) is 12.9. The molecule has 4 rings (SSSR count). The fourth-order valence-electron chi connectivity index (χ4n) is 3.93. The Kier molecular flexibility index (Phi) is 6.85. The number of rotatable bonds is 6. The molecule has 3 N–H and O–H groups in total. The minimum atomic E-state index is -3.77. The third-order valence-corrected chi connectivity index (χ3v) is 8.60. The summed E-state index contributed by atoms with van der Waals surface area (Å²) in [6, 6.07) is 13.8. The molecule has 178 valence electrons. The van der Waals surface area contributed by atoms with Crippen LogP contribution in [0.2, 0.25) is 0 Å². The Morgan fingerprint density at radius 3 is 2.38 bits per heavy atom. The Balaban J connectivity index is 1.69. The molecule has 0 unspecified atom stereocenters. The van der Waals surface area contributed by atoms with Crippen molar-refractivity contribution in [2.45, 2.75) is 18.7 Å². The van der Waals surface area contributed by atoms with Gasteiger partial charge in [-0.25, -0.2) is 8.42 Å². The van der Waals surface area contributed by atoms with Crippen molar-refractivity contribution in [1.29, 1.82) is 0 Å². The largest absolute Gasteiger partial charge is 0.379 e. The van der Waals surface area contributed by atoms with Crippen molar-refractivity contribution < 1.29 is 22.7 Å². The molecule has 0 spiro atoms. The third-order valence-electron chi connectivity index (χ3n) is 5.68. The number of aryl methyl sites for hydroxylation is 2. The number of ether oxygens (including phenoxy) is 1. The van der Waals surface area contributed by atoms with Crippen molar-refractivity contribution in [3.63, 3.8) is 0 Å². The topological polar surface area (TPSA) is 119 Å². The molecule has 0 aliphatic carbocycles. The van der Waals surface area contributed by atoms with Gasteiger partial charge in [-0.05, 0) is 37.1 Å². The molecule has 10 heteroatoms. The lowest BCUT2D eigenvalue weighted by molar-refractivity contribution is 0.0730. The van der Waals surface area contributed by atoms with Crippen LogP contribution in [0.25, 0.3) is 11.1 Å². The standard InChI is InChI=1S/C24H25N3O5S2/c1-15-8-9-18(34(30,31)27-10-12-32-13-11-27)14-19(15)23(29)26-24-21(22(25)28)20(16(2)33-24)17-6-4-3-5-7-17/h3-9,14H,10-13H2,1-2H3,(H2,25,28)(H,26,29). The van der Waals surface area contributed by atoms with E-state index in [-0.39, 0.29) is 29.1 Å². The van der Waals surface area contributed by atoms with E-state index < -0.39 is 21.8 Å². The zero-order chi connectivity index (χ0) is 24.5. The number of anilines is 1. The van der Waals surface area contributed by atoms with Crippen molar-refractivity contribution >= 4 is 38.2 Å². The summed E-state index contributed by atoms with van der Waals surface area (Å²) in [4.78, 5) is 26.5. The van der Waals surface area contributed by atoms with Gasteiger partial charge in [0.25, 0.3) is 11.8 Å². The van der Waals surface area contributed by atoms with Crippen molar-refractivity contribution in [3.8, 4) is 11.1 Å². The molecular weight excluding hydrogens is 474 g/mol. The highest BCUT2D eigenvalue weighted by Gasteiger charge is 2.28. The second-order valence-corrected chi connectivity index (χ2v) is 11.1. The third kappa shape index (κ3) is 4.62. The van der Waals surface area contributed by atoms with E-state index in [9.17, 15) is 18.0 Å². The lowest BCUT2D eigenvalue weighted by Crippen LogP contribution is -2.40. The number of nitrogens with one attached hydrogen (secondary N) is 1. The van der Waals surface area contributed by atoms with Crippen molar-refractivity contribution in [2.75, 3.05) is 31.6 Å². The molecule has 0 saturated carbocycles. The second-order valence-electron chi connectivity index (χ2n) is 7.91. The fraction of sp³-hybridized carbons (Fsp3) is 0.250. The number of hydrogen-bond donors (Lipinski definition) is 2. The first kappa shape index (κ1) is 24.1. The monoisotopic (exact) mass is 499 g/mol. The molecule has 0 radical (unpaired) electrons. The number of hydrogen-bond acceptors (Lipinski definition) is 6. The molecule has 1 aliphatic rings. The van der Waals surface area contributed by atoms with Crippen LogP contribution < -0.4 is 11.1 Å². The summed E-state index contributed by atoms with van der Waals surface area (Å²) in [5, 5.41) is 3.12. The average molecular weight is 500 g/mol. The maximum absolute atomic E-state index is 13.2. The summed E-state index contributed by atoms with van der Waals surface area (Å²) < 4.78 is 32.7. The van der Waals surface area contributed by atoms with Crippen LogP contribution in [-0.2, 0) is 14.8 Å². The van der Waals surface area contributed by atoms with Crippen LogP contribution in [-0.4, -0.2) is 50.8 Å². The normalized spacial score (nSPS) is 14.6. The summed E-state index contributed by atoms with van der Waals surface area (Å²) >= 11 is 1.25. The van der Waals surface area contributed by atoms with Crippen molar-refractivity contribution in [2.24, 2.45) is 5.73 Å². The maximum atomic E-state index is 13.2. The number of carbonyl (C=O) groups is 2. The van der Waals surface area contributed by atoms with Crippen molar-refractivity contribution in [1.82, 2.24) is 4.31 Å². The number of carbonyl (C=O) groups excluding carboxylic acids is 2. The van der Waals surface area contributed by atoms with Crippen LogP contribution in [0.15, 0.2) is 53.4 Å². The summed E-state index contributed by atoms with van der Waals surface area (Å²) in [6.07, 6.45) is 0. The van der Waals surface area contributed by atoms with E-state index in [4.69, 9.17) is 10.5 Å². The van der Waals surface area contributed by atoms with Gasteiger partial charge >= 0.3 is 0 Å². The SMILES string of the molecule is Cc1ccc(S(=O)(=O)N2CCOCC2)cc1C(=O)Nc1sc(C)c(-c2ccccc2)c1C(N)=O. The average Bonchev–Trinajstić information content (AvgIpc) is 3.16. The van der Waals surface area contributed by atoms with Gasteiger partial charge in [-0.2, -0.15) is 4.31 Å². The van der Waals surface area contributed by atoms with Gasteiger partial charge in [-0.3, -0.25) is 9.59 Å². The van der Waals surface area contributed by atoms with Gasteiger partial charge in [0.15, 0.2) is 0 Å². The Labute approximate surface area is 202 Å². The summed E-state index contributed by atoms with van der Waals surface area (Å²) in [5.74, 6) is -1.17. The minimum absolute atomic E-state index is 0.0348. The van der Waals surface area contributed by atoms with E-state index in [1.807, 2.05) is 37.3 Å². The molecule has 0 bridgehead atoms. The predicted octanol–water partition coefficient (Wildman–Crippen LogP) is 3.40. The molecule has 1 aliphatic heterocycles. The van der Waals surface area contributed by atoms with Crippen molar-refractivity contribution in [3.05, 3.63) is 70.1 Å². The van der Waals surface area contributed by atoms with Gasteiger partial charge < -0.3 is 15.8 Å². The summed E-state index contributed by atoms with van der Waals surface area (Å²) in [5.41, 5.74) is 8.24. The molecule has 0 atom stereocenters. The van der Waals surface area contributed by atoms with E-state index in [1.165, 1.54) is 27.8 Å². The smallest absolute Gasteiger partial charge is 0.256 e. The van der Waals surface area contributed by atoms with Crippen LogP contribution in [0, 0.1) is 13.8 Å². The highest BCUT2D eigenvalue weighted by molar-refractivity contribution is 7.89. The Hall–Kier alpha value is -3.05. The molecule has 2 heterocycles. The molecule has 2 aromatic carbocycles. The lowest BCUT2D eigenvalue weighted by atomic mass is 10.0. The number of nitrogens with zero attached hydrogens (tertiary/aromatic N) is 1. The van der Waals surface area contributed by atoms with Gasteiger partial charge in [0, 0.05) is 29.1 Å². The Morgan fingerprint density at radius 2 is 1.74 bits per heavy atom. The van der Waals surface area contributed by atoms with Gasteiger partial charge in [0.2, 0.25) is 10.0 Å². The molecular formula is C24H25N3O5S2. The zero-order valence-corrected chi connectivity index (χ0v) is 20.5. The molecule has 1 saturated heterocycles. The summed E-state index contributed by atoms with van der Waals surface area (Å²) in [6.45, 7) is 4.76. The van der Waals surface area contributed by atoms with Crippen LogP contribution in [0.1, 0.15) is 31.2 Å². The zero-order valence-electron chi connectivity index (χ0n) is 18.8.